The third-order valence-electron chi connectivity index (χ3n) is 4.00. The largest absolute Gasteiger partial charge is 0.480 e. The van der Waals surface area contributed by atoms with E-state index in [0.29, 0.717) is 32.2 Å². The Hall–Kier alpha value is -1.71. The van der Waals surface area contributed by atoms with E-state index in [1.54, 1.807) is 0 Å². The monoisotopic (exact) mass is 344 g/mol. The third kappa shape index (κ3) is 6.42. The van der Waals surface area contributed by atoms with Gasteiger partial charge in [-0.1, -0.05) is 0 Å². The van der Waals surface area contributed by atoms with Crippen LogP contribution in [-0.4, -0.2) is 65.3 Å². The molecular weight excluding hydrogens is 316 g/mol. The van der Waals surface area contributed by atoms with Crippen molar-refractivity contribution in [2.75, 3.05) is 13.1 Å². The molecular formula is C15H28N4O5. The Morgan fingerprint density at radius 3 is 2.50 bits per heavy atom. The standard InChI is InChI=1S/C15H28N4O5/c1-9(20)12(15(23)24)19-14(22)11(5-2-3-7-16)18-13(21)10-6-4-8-17-10/h9-12,17,20H,2-8,16H2,1H3,(H,18,21)(H,19,22)(H,23,24)/t9-,10+,11+,12+/m1/s1. The molecule has 0 aromatic rings. The fraction of sp³-hybridized carbons (Fsp3) is 0.800. The molecule has 1 aliphatic rings. The first-order valence-corrected chi connectivity index (χ1v) is 8.32. The predicted molar refractivity (Wildman–Crippen MR) is 87.1 cm³/mol. The summed E-state index contributed by atoms with van der Waals surface area (Å²) in [5, 5.41) is 26.5. The van der Waals surface area contributed by atoms with Gasteiger partial charge >= 0.3 is 5.97 Å². The number of unbranched alkanes of at least 4 members (excludes halogenated alkanes) is 1. The molecule has 9 heteroatoms. The topological polar surface area (TPSA) is 154 Å². The maximum atomic E-state index is 12.4. The molecule has 0 unspecified atom stereocenters. The highest BCUT2D eigenvalue weighted by atomic mass is 16.4. The summed E-state index contributed by atoms with van der Waals surface area (Å²) < 4.78 is 0. The van der Waals surface area contributed by atoms with E-state index in [-0.39, 0.29) is 11.9 Å². The van der Waals surface area contributed by atoms with E-state index in [0.717, 1.165) is 13.0 Å². The summed E-state index contributed by atoms with van der Waals surface area (Å²) >= 11 is 0. The van der Waals surface area contributed by atoms with Gasteiger partial charge in [0.2, 0.25) is 11.8 Å². The molecule has 0 radical (unpaired) electrons. The van der Waals surface area contributed by atoms with Crippen molar-refractivity contribution in [3.63, 3.8) is 0 Å². The van der Waals surface area contributed by atoms with E-state index in [2.05, 4.69) is 16.0 Å². The van der Waals surface area contributed by atoms with E-state index >= 15 is 0 Å². The Kier molecular flexibility index (Phi) is 8.66. The lowest BCUT2D eigenvalue weighted by Gasteiger charge is -2.24. The van der Waals surface area contributed by atoms with Gasteiger partial charge in [-0.15, -0.1) is 0 Å². The molecule has 0 saturated carbocycles. The van der Waals surface area contributed by atoms with Gasteiger partial charge < -0.3 is 31.9 Å². The third-order valence-corrected chi connectivity index (χ3v) is 4.00. The van der Waals surface area contributed by atoms with Crippen LogP contribution in [0, 0.1) is 0 Å². The van der Waals surface area contributed by atoms with Crippen LogP contribution in [0.1, 0.15) is 39.0 Å². The SMILES string of the molecule is C[C@@H](O)[C@H](NC(=O)[C@H](CCCCN)NC(=O)[C@@H]1CCCN1)C(=O)O. The number of carboxylic acids is 1. The zero-order chi connectivity index (χ0) is 18.1. The van der Waals surface area contributed by atoms with Crippen LogP contribution in [0.25, 0.3) is 0 Å². The predicted octanol–water partition coefficient (Wildman–Crippen LogP) is -1.70. The van der Waals surface area contributed by atoms with Gasteiger partial charge in [-0.25, -0.2) is 4.79 Å². The maximum absolute atomic E-state index is 12.4. The van der Waals surface area contributed by atoms with Crippen molar-refractivity contribution in [2.24, 2.45) is 5.73 Å². The molecule has 0 aromatic heterocycles. The highest BCUT2D eigenvalue weighted by Gasteiger charge is 2.31. The quantitative estimate of drug-likeness (QED) is 0.258. The van der Waals surface area contributed by atoms with Crippen LogP contribution in [0.3, 0.4) is 0 Å². The lowest BCUT2D eigenvalue weighted by atomic mass is 10.1. The summed E-state index contributed by atoms with van der Waals surface area (Å²) in [5.41, 5.74) is 5.44. The van der Waals surface area contributed by atoms with Crippen molar-refractivity contribution in [3.05, 3.63) is 0 Å². The average molecular weight is 344 g/mol. The van der Waals surface area contributed by atoms with Gasteiger partial charge in [0.1, 0.15) is 6.04 Å². The highest BCUT2D eigenvalue weighted by Crippen LogP contribution is 2.08. The summed E-state index contributed by atoms with van der Waals surface area (Å²) in [4.78, 5) is 35.7. The molecule has 0 bridgehead atoms. The minimum Gasteiger partial charge on any atom is -0.480 e. The van der Waals surface area contributed by atoms with E-state index in [1.165, 1.54) is 6.92 Å². The fourth-order valence-electron chi connectivity index (χ4n) is 2.58. The van der Waals surface area contributed by atoms with Gasteiger partial charge in [0, 0.05) is 0 Å². The van der Waals surface area contributed by atoms with E-state index in [9.17, 15) is 19.5 Å². The van der Waals surface area contributed by atoms with Crippen LogP contribution in [0.5, 0.6) is 0 Å². The molecule has 1 aliphatic heterocycles. The highest BCUT2D eigenvalue weighted by molar-refractivity contribution is 5.92. The minimum atomic E-state index is -1.42. The van der Waals surface area contributed by atoms with Gasteiger partial charge in [0.15, 0.2) is 6.04 Å². The van der Waals surface area contributed by atoms with Crippen LogP contribution >= 0.6 is 0 Å². The number of carbonyl (C=O) groups excluding carboxylic acids is 2. The first-order valence-electron chi connectivity index (χ1n) is 8.32. The van der Waals surface area contributed by atoms with Gasteiger partial charge in [-0.3, -0.25) is 9.59 Å². The molecule has 0 spiro atoms. The molecule has 24 heavy (non-hydrogen) atoms. The number of hydrogen-bond acceptors (Lipinski definition) is 6. The molecule has 1 heterocycles. The van der Waals surface area contributed by atoms with Crippen LogP contribution < -0.4 is 21.7 Å². The number of rotatable bonds is 10. The number of aliphatic hydroxyl groups excluding tert-OH is 1. The number of amides is 2. The first kappa shape index (κ1) is 20.3. The number of nitrogens with one attached hydrogen (secondary N) is 3. The molecule has 138 valence electrons. The Bertz CT molecular complexity index is 438. The molecule has 4 atom stereocenters. The number of carboxylic acid groups (broad SMARTS) is 1. The van der Waals surface area contributed by atoms with Crippen molar-refractivity contribution in [3.8, 4) is 0 Å². The van der Waals surface area contributed by atoms with Gasteiger partial charge in [0.05, 0.1) is 12.1 Å². The van der Waals surface area contributed by atoms with Crippen LogP contribution in [0.2, 0.25) is 0 Å². The Labute approximate surface area is 141 Å². The molecule has 2 amide bonds. The van der Waals surface area contributed by atoms with Gasteiger partial charge in [-0.2, -0.15) is 0 Å². The normalized spacial score (nSPS) is 20.9. The minimum absolute atomic E-state index is 0.274. The molecule has 1 fully saturated rings. The second kappa shape index (κ2) is 10.2. The molecule has 1 rings (SSSR count). The summed E-state index contributed by atoms with van der Waals surface area (Å²) in [7, 11) is 0. The van der Waals surface area contributed by atoms with E-state index < -0.39 is 30.1 Å². The number of aliphatic carboxylic acids is 1. The Balaban J connectivity index is 2.69. The lowest BCUT2D eigenvalue weighted by Crippen LogP contribution is -2.56. The second-order valence-electron chi connectivity index (χ2n) is 6.06. The van der Waals surface area contributed by atoms with Crippen molar-refractivity contribution >= 4 is 17.8 Å². The zero-order valence-electron chi connectivity index (χ0n) is 14.0. The number of nitrogens with two attached hydrogens (primary N) is 1. The summed E-state index contributed by atoms with van der Waals surface area (Å²) in [5.74, 6) is -2.22. The van der Waals surface area contributed by atoms with Crippen molar-refractivity contribution in [1.82, 2.24) is 16.0 Å². The van der Waals surface area contributed by atoms with E-state index in [1.807, 2.05) is 0 Å². The van der Waals surface area contributed by atoms with Gasteiger partial charge in [0.25, 0.3) is 0 Å². The second-order valence-corrected chi connectivity index (χ2v) is 6.06. The fourth-order valence-corrected chi connectivity index (χ4v) is 2.58. The molecule has 9 nitrogen and oxygen atoms in total. The zero-order valence-corrected chi connectivity index (χ0v) is 14.0. The molecule has 0 aromatic carbocycles. The number of hydrogen-bond donors (Lipinski definition) is 6. The Morgan fingerprint density at radius 2 is 2.00 bits per heavy atom. The smallest absolute Gasteiger partial charge is 0.328 e. The summed E-state index contributed by atoms with van der Waals surface area (Å²) in [6.45, 7) is 2.51. The van der Waals surface area contributed by atoms with Gasteiger partial charge in [-0.05, 0) is 52.1 Å². The van der Waals surface area contributed by atoms with Crippen LogP contribution in [0.15, 0.2) is 0 Å². The van der Waals surface area contributed by atoms with Crippen molar-refractivity contribution in [2.45, 2.75) is 63.3 Å². The van der Waals surface area contributed by atoms with Crippen LogP contribution in [-0.2, 0) is 14.4 Å². The Morgan fingerprint density at radius 1 is 1.29 bits per heavy atom. The lowest BCUT2D eigenvalue weighted by molar-refractivity contribution is -0.145. The summed E-state index contributed by atoms with van der Waals surface area (Å²) in [6, 6.07) is -2.61. The summed E-state index contributed by atoms with van der Waals surface area (Å²) in [6.07, 6.45) is 2.02. The average Bonchev–Trinajstić information content (AvgIpc) is 3.05. The number of carbonyl (C=O) groups is 3. The molecule has 7 N–H and O–H groups in total. The molecule has 0 aliphatic carbocycles. The molecule has 1 saturated heterocycles. The van der Waals surface area contributed by atoms with Crippen molar-refractivity contribution in [1.29, 1.82) is 0 Å². The maximum Gasteiger partial charge on any atom is 0.328 e. The first-order chi connectivity index (χ1) is 11.4. The van der Waals surface area contributed by atoms with Crippen LogP contribution in [0.4, 0.5) is 0 Å². The van der Waals surface area contributed by atoms with Crippen molar-refractivity contribution < 1.29 is 24.6 Å². The number of aliphatic hydroxyl groups is 1. The van der Waals surface area contributed by atoms with E-state index in [4.69, 9.17) is 10.8 Å².